The van der Waals surface area contributed by atoms with E-state index in [1.807, 2.05) is 12.1 Å². The molecule has 0 unspecified atom stereocenters. The van der Waals surface area contributed by atoms with Gasteiger partial charge >= 0.3 is 0 Å². The molecule has 12 heteroatoms. The highest BCUT2D eigenvalue weighted by Crippen LogP contribution is 2.33. The number of hydrogen-bond donors (Lipinski definition) is 1. The van der Waals surface area contributed by atoms with Gasteiger partial charge < -0.3 is 24.1 Å². The van der Waals surface area contributed by atoms with Gasteiger partial charge in [-0.1, -0.05) is 0 Å². The van der Waals surface area contributed by atoms with Crippen LogP contribution < -0.4 is 19.9 Å². The maximum atomic E-state index is 13.5. The first kappa shape index (κ1) is 25.6. The summed E-state index contributed by atoms with van der Waals surface area (Å²) in [7, 11) is 4.74. The molecule has 200 valence electrons. The van der Waals surface area contributed by atoms with Crippen LogP contribution in [0, 0.1) is 5.82 Å². The Kier molecular flexibility index (Phi) is 7.52. The van der Waals surface area contributed by atoms with E-state index in [0.29, 0.717) is 67.7 Å². The number of halogens is 1. The Morgan fingerprint density at radius 1 is 1.00 bits per heavy atom. The van der Waals surface area contributed by atoms with Gasteiger partial charge in [-0.25, -0.2) is 9.07 Å². The van der Waals surface area contributed by atoms with Crippen LogP contribution in [0.5, 0.6) is 11.5 Å². The van der Waals surface area contributed by atoms with Gasteiger partial charge in [0, 0.05) is 56.0 Å². The molecule has 0 spiro atoms. The van der Waals surface area contributed by atoms with Crippen molar-refractivity contribution in [2.75, 3.05) is 59.0 Å². The van der Waals surface area contributed by atoms with E-state index in [2.05, 4.69) is 30.3 Å². The smallest absolute Gasteiger partial charge is 0.253 e. The van der Waals surface area contributed by atoms with Gasteiger partial charge in [-0.2, -0.15) is 0 Å². The van der Waals surface area contributed by atoms with Gasteiger partial charge in [0.25, 0.3) is 5.56 Å². The van der Waals surface area contributed by atoms with Crippen molar-refractivity contribution in [1.82, 2.24) is 30.1 Å². The predicted octanol–water partition coefficient (Wildman–Crippen LogP) is 2.23. The van der Waals surface area contributed by atoms with Gasteiger partial charge in [0.2, 0.25) is 0 Å². The van der Waals surface area contributed by atoms with Gasteiger partial charge in [0.15, 0.2) is 17.3 Å². The molecule has 1 fully saturated rings. The minimum absolute atomic E-state index is 0.239. The number of aromatic amines is 1. The monoisotopic (exact) mass is 523 g/mol. The van der Waals surface area contributed by atoms with E-state index in [9.17, 15) is 9.18 Å². The molecule has 0 amide bonds. The van der Waals surface area contributed by atoms with Crippen molar-refractivity contribution in [2.45, 2.75) is 12.6 Å². The minimum Gasteiger partial charge on any atom is -0.493 e. The zero-order valence-electron chi connectivity index (χ0n) is 21.6. The highest BCUT2D eigenvalue weighted by atomic mass is 19.1. The quantitative estimate of drug-likeness (QED) is 0.353. The van der Waals surface area contributed by atoms with Crippen LogP contribution in [-0.4, -0.2) is 84.2 Å². The number of rotatable bonds is 9. The third-order valence-electron chi connectivity index (χ3n) is 6.85. The molecular formula is C26H30FN7O4. The van der Waals surface area contributed by atoms with E-state index < -0.39 is 6.04 Å². The summed E-state index contributed by atoms with van der Waals surface area (Å²) in [4.78, 5) is 20.9. The number of benzene rings is 2. The average Bonchev–Trinajstić information content (AvgIpc) is 3.40. The third kappa shape index (κ3) is 5.04. The Bertz CT molecular complexity index is 1450. The normalized spacial score (nSPS) is 15.1. The summed E-state index contributed by atoms with van der Waals surface area (Å²) in [5.74, 6) is 1.38. The van der Waals surface area contributed by atoms with Crippen molar-refractivity contribution in [2.24, 2.45) is 0 Å². The van der Waals surface area contributed by atoms with Crippen LogP contribution in [0.25, 0.3) is 10.9 Å². The van der Waals surface area contributed by atoms with Crippen LogP contribution in [0.4, 0.5) is 10.1 Å². The fourth-order valence-corrected chi connectivity index (χ4v) is 4.89. The Morgan fingerprint density at radius 2 is 1.71 bits per heavy atom. The first-order valence-electron chi connectivity index (χ1n) is 12.3. The van der Waals surface area contributed by atoms with Gasteiger partial charge in [0.05, 0.1) is 32.9 Å². The summed E-state index contributed by atoms with van der Waals surface area (Å²) >= 11 is 0. The predicted molar refractivity (Wildman–Crippen MR) is 139 cm³/mol. The SMILES string of the molecule is COCCn1nnnc1[C@@H](c1cc2cc(OC)c(OC)cc2[nH]c1=O)N1CCN(c2ccc(F)cc2)CC1. The number of aromatic nitrogens is 5. The Labute approximate surface area is 218 Å². The summed E-state index contributed by atoms with van der Waals surface area (Å²) < 4.78 is 31.2. The Morgan fingerprint density at radius 3 is 2.39 bits per heavy atom. The third-order valence-corrected chi connectivity index (χ3v) is 6.85. The van der Waals surface area contributed by atoms with Crippen LogP contribution in [0.2, 0.25) is 0 Å². The number of hydrogen-bond acceptors (Lipinski definition) is 9. The van der Waals surface area contributed by atoms with Crippen molar-refractivity contribution in [1.29, 1.82) is 0 Å². The molecule has 2 aromatic heterocycles. The molecule has 0 radical (unpaired) electrons. The van der Waals surface area contributed by atoms with E-state index in [4.69, 9.17) is 14.2 Å². The first-order chi connectivity index (χ1) is 18.5. The molecule has 11 nitrogen and oxygen atoms in total. The number of fused-ring (bicyclic) bond motifs is 1. The molecule has 1 saturated heterocycles. The Hall–Kier alpha value is -4.03. The fraction of sp³-hybridized carbons (Fsp3) is 0.385. The van der Waals surface area contributed by atoms with Crippen LogP contribution in [0.15, 0.2) is 47.3 Å². The summed E-state index contributed by atoms with van der Waals surface area (Å²) in [6.45, 7) is 3.54. The van der Waals surface area contributed by atoms with Gasteiger partial charge in [-0.05, 0) is 46.8 Å². The number of piperazine rings is 1. The topological polar surface area (TPSA) is 111 Å². The number of nitrogens with zero attached hydrogens (tertiary/aromatic N) is 6. The van der Waals surface area contributed by atoms with Crippen molar-refractivity contribution < 1.29 is 18.6 Å². The Balaban J connectivity index is 1.54. The molecule has 0 saturated carbocycles. The summed E-state index contributed by atoms with van der Waals surface area (Å²) in [6.07, 6.45) is 0. The number of tetrazole rings is 1. The second-order valence-corrected chi connectivity index (χ2v) is 9.00. The van der Waals surface area contributed by atoms with Crippen molar-refractivity contribution in [3.63, 3.8) is 0 Å². The standard InChI is InChI=1S/C26H30FN7O4/c1-36-13-12-34-25(29-30-31-34)24(33-10-8-32(9-11-33)19-6-4-18(27)5-7-19)20-14-17-15-22(37-2)23(38-3)16-21(17)28-26(20)35/h4-7,14-16,24H,8-13H2,1-3H3,(H,28,35)/t24-/m1/s1. The van der Waals surface area contributed by atoms with E-state index in [1.165, 1.54) is 12.1 Å². The fourth-order valence-electron chi connectivity index (χ4n) is 4.89. The molecule has 0 bridgehead atoms. The summed E-state index contributed by atoms with van der Waals surface area (Å²) in [6, 6.07) is 11.4. The number of ether oxygens (including phenoxy) is 3. The first-order valence-corrected chi connectivity index (χ1v) is 12.3. The summed E-state index contributed by atoms with van der Waals surface area (Å²) in [5.41, 5.74) is 1.87. The molecule has 1 aliphatic rings. The van der Waals surface area contributed by atoms with Crippen molar-refractivity contribution in [3.05, 3.63) is 70.0 Å². The maximum absolute atomic E-state index is 13.5. The zero-order chi connectivity index (χ0) is 26.6. The van der Waals surface area contributed by atoms with E-state index in [-0.39, 0.29) is 11.4 Å². The van der Waals surface area contributed by atoms with Crippen LogP contribution in [0.3, 0.4) is 0 Å². The second kappa shape index (κ2) is 11.2. The average molecular weight is 524 g/mol. The van der Waals surface area contributed by atoms with E-state index >= 15 is 0 Å². The maximum Gasteiger partial charge on any atom is 0.253 e. The van der Waals surface area contributed by atoms with Crippen LogP contribution >= 0.6 is 0 Å². The highest BCUT2D eigenvalue weighted by Gasteiger charge is 2.33. The van der Waals surface area contributed by atoms with Gasteiger partial charge in [-0.3, -0.25) is 9.69 Å². The zero-order valence-corrected chi connectivity index (χ0v) is 21.6. The van der Waals surface area contributed by atoms with Crippen molar-refractivity contribution in [3.8, 4) is 11.5 Å². The minimum atomic E-state index is -0.501. The molecule has 3 heterocycles. The molecular weight excluding hydrogens is 493 g/mol. The largest absolute Gasteiger partial charge is 0.493 e. The molecule has 5 rings (SSSR count). The summed E-state index contributed by atoms with van der Waals surface area (Å²) in [5, 5.41) is 13.2. The lowest BCUT2D eigenvalue weighted by Gasteiger charge is -2.39. The molecule has 4 aromatic rings. The number of anilines is 1. The molecule has 1 N–H and O–H groups in total. The molecule has 2 aromatic carbocycles. The number of nitrogens with one attached hydrogen (secondary N) is 1. The van der Waals surface area contributed by atoms with Crippen LogP contribution in [0.1, 0.15) is 17.4 Å². The van der Waals surface area contributed by atoms with Crippen LogP contribution in [-0.2, 0) is 11.3 Å². The number of methoxy groups -OCH3 is 3. The van der Waals surface area contributed by atoms with Gasteiger partial charge in [-0.15, -0.1) is 5.10 Å². The lowest BCUT2D eigenvalue weighted by molar-refractivity contribution is 0.171. The lowest BCUT2D eigenvalue weighted by Crippen LogP contribution is -2.49. The molecule has 0 aliphatic carbocycles. The van der Waals surface area contributed by atoms with E-state index in [1.54, 1.807) is 44.2 Å². The number of H-pyrrole nitrogens is 1. The second-order valence-electron chi connectivity index (χ2n) is 9.00. The molecule has 1 aliphatic heterocycles. The molecule has 1 atom stereocenters. The molecule has 38 heavy (non-hydrogen) atoms. The van der Waals surface area contributed by atoms with E-state index in [0.717, 1.165) is 11.1 Å². The number of pyridine rings is 1. The van der Waals surface area contributed by atoms with Gasteiger partial charge in [0.1, 0.15) is 11.9 Å². The lowest BCUT2D eigenvalue weighted by atomic mass is 10.0. The highest BCUT2D eigenvalue weighted by molar-refractivity contribution is 5.83. The van der Waals surface area contributed by atoms with Crippen molar-refractivity contribution >= 4 is 16.6 Å².